The van der Waals surface area contributed by atoms with E-state index in [1.807, 2.05) is 12.1 Å². The van der Waals surface area contributed by atoms with E-state index in [0.717, 1.165) is 12.8 Å². The molecule has 0 radical (unpaired) electrons. The number of hydrogen-bond donors (Lipinski definition) is 4. The van der Waals surface area contributed by atoms with Crippen molar-refractivity contribution in [3.05, 3.63) is 48.0 Å². The SMILES string of the molecule is CC(=O)NCCNC(=O)NC1(NCc2cccc3ccccc23)CC1. The highest BCUT2D eigenvalue weighted by molar-refractivity contribution is 5.85. The molecule has 0 heterocycles. The van der Waals surface area contributed by atoms with Crippen molar-refractivity contribution >= 4 is 22.7 Å². The van der Waals surface area contributed by atoms with Crippen molar-refractivity contribution in [2.24, 2.45) is 0 Å². The second-order valence-corrected chi connectivity index (χ2v) is 6.44. The molecule has 3 amide bonds. The van der Waals surface area contributed by atoms with Gasteiger partial charge in [0.05, 0.1) is 5.66 Å². The van der Waals surface area contributed by atoms with Crippen LogP contribution in [-0.2, 0) is 11.3 Å². The summed E-state index contributed by atoms with van der Waals surface area (Å²) in [6.45, 7) is 2.99. The molecule has 0 spiro atoms. The number of benzene rings is 2. The van der Waals surface area contributed by atoms with Crippen LogP contribution in [0.1, 0.15) is 25.3 Å². The van der Waals surface area contributed by atoms with Crippen molar-refractivity contribution in [3.63, 3.8) is 0 Å². The Balaban J connectivity index is 1.50. The lowest BCUT2D eigenvalue weighted by molar-refractivity contribution is -0.118. The topological polar surface area (TPSA) is 82.3 Å². The van der Waals surface area contributed by atoms with Gasteiger partial charge < -0.3 is 16.0 Å². The summed E-state index contributed by atoms with van der Waals surface area (Å²) in [6, 6.07) is 14.4. The molecule has 1 saturated carbocycles. The molecule has 6 heteroatoms. The number of carbonyl (C=O) groups excluding carboxylic acids is 2. The van der Waals surface area contributed by atoms with Crippen molar-refractivity contribution in [2.75, 3.05) is 13.1 Å². The third-order valence-corrected chi connectivity index (χ3v) is 4.38. The minimum atomic E-state index is -0.324. The van der Waals surface area contributed by atoms with Gasteiger partial charge in [-0.05, 0) is 29.2 Å². The maximum Gasteiger partial charge on any atom is 0.316 e. The van der Waals surface area contributed by atoms with E-state index in [0.29, 0.717) is 19.6 Å². The summed E-state index contributed by atoms with van der Waals surface area (Å²) in [4.78, 5) is 22.8. The molecule has 0 aliphatic heterocycles. The molecular formula is C19H24N4O2. The first-order valence-corrected chi connectivity index (χ1v) is 8.60. The molecule has 0 atom stereocenters. The Hall–Kier alpha value is -2.60. The lowest BCUT2D eigenvalue weighted by Gasteiger charge is -2.20. The number of nitrogens with one attached hydrogen (secondary N) is 4. The van der Waals surface area contributed by atoms with Gasteiger partial charge in [-0.2, -0.15) is 0 Å². The normalized spacial score (nSPS) is 14.8. The molecule has 6 nitrogen and oxygen atoms in total. The molecule has 25 heavy (non-hydrogen) atoms. The van der Waals surface area contributed by atoms with E-state index in [1.54, 1.807) is 0 Å². The Labute approximate surface area is 147 Å². The van der Waals surface area contributed by atoms with Gasteiger partial charge in [-0.3, -0.25) is 10.1 Å². The molecule has 4 N–H and O–H groups in total. The van der Waals surface area contributed by atoms with Gasteiger partial charge in [0.25, 0.3) is 0 Å². The lowest BCUT2D eigenvalue weighted by Crippen LogP contribution is -2.52. The Morgan fingerprint density at radius 3 is 2.48 bits per heavy atom. The van der Waals surface area contributed by atoms with Crippen molar-refractivity contribution in [2.45, 2.75) is 32.0 Å². The van der Waals surface area contributed by atoms with E-state index in [4.69, 9.17) is 0 Å². The first-order chi connectivity index (χ1) is 12.1. The zero-order valence-corrected chi connectivity index (χ0v) is 14.4. The quantitative estimate of drug-likeness (QED) is 0.459. The van der Waals surface area contributed by atoms with E-state index in [1.165, 1.54) is 23.3 Å². The number of fused-ring (bicyclic) bond motifs is 1. The van der Waals surface area contributed by atoms with Crippen molar-refractivity contribution in [1.29, 1.82) is 0 Å². The standard InChI is InChI=1S/C19H24N4O2/c1-14(24)20-11-12-21-18(25)23-19(9-10-19)22-13-16-7-4-6-15-5-2-3-8-17(15)16/h2-8,22H,9-13H2,1H3,(H,20,24)(H2,21,23,25). The van der Waals surface area contributed by atoms with Crippen molar-refractivity contribution in [1.82, 2.24) is 21.3 Å². The molecule has 2 aromatic rings. The fraction of sp³-hybridized carbons (Fsp3) is 0.368. The lowest BCUT2D eigenvalue weighted by atomic mass is 10.0. The number of rotatable bonds is 7. The summed E-state index contributed by atoms with van der Waals surface area (Å²) < 4.78 is 0. The maximum absolute atomic E-state index is 12.0. The summed E-state index contributed by atoms with van der Waals surface area (Å²) in [5.41, 5.74) is 0.895. The van der Waals surface area contributed by atoms with Crippen LogP contribution in [0, 0.1) is 0 Å². The molecule has 0 saturated heterocycles. The fourth-order valence-electron chi connectivity index (χ4n) is 2.86. The number of carbonyl (C=O) groups is 2. The minimum Gasteiger partial charge on any atom is -0.355 e. The van der Waals surface area contributed by atoms with Gasteiger partial charge in [0.1, 0.15) is 0 Å². The van der Waals surface area contributed by atoms with Crippen LogP contribution in [0.3, 0.4) is 0 Å². The summed E-state index contributed by atoms with van der Waals surface area (Å²) in [5.74, 6) is -0.0994. The Bertz CT molecular complexity index is 766. The summed E-state index contributed by atoms with van der Waals surface area (Å²) in [5, 5.41) is 14.3. The molecular weight excluding hydrogens is 316 g/mol. The van der Waals surface area contributed by atoms with Crippen LogP contribution in [0.2, 0.25) is 0 Å². The van der Waals surface area contributed by atoms with Gasteiger partial charge in [-0.25, -0.2) is 4.79 Å². The minimum absolute atomic E-state index is 0.0994. The molecule has 1 aliphatic carbocycles. The third kappa shape index (κ3) is 4.70. The molecule has 0 unspecified atom stereocenters. The van der Waals surface area contributed by atoms with E-state index in [2.05, 4.69) is 51.6 Å². The molecule has 1 aliphatic rings. The van der Waals surface area contributed by atoms with Crippen molar-refractivity contribution in [3.8, 4) is 0 Å². The van der Waals surface area contributed by atoms with E-state index >= 15 is 0 Å². The van der Waals surface area contributed by atoms with Gasteiger partial charge in [-0.1, -0.05) is 42.5 Å². The summed E-state index contributed by atoms with van der Waals surface area (Å²) in [7, 11) is 0. The van der Waals surface area contributed by atoms with Crippen LogP contribution < -0.4 is 21.3 Å². The van der Waals surface area contributed by atoms with Crippen LogP contribution in [0.25, 0.3) is 10.8 Å². The van der Waals surface area contributed by atoms with Gasteiger partial charge in [0.15, 0.2) is 0 Å². The van der Waals surface area contributed by atoms with E-state index in [9.17, 15) is 9.59 Å². The largest absolute Gasteiger partial charge is 0.355 e. The van der Waals surface area contributed by atoms with Gasteiger partial charge in [0, 0.05) is 26.6 Å². The molecule has 132 valence electrons. The Morgan fingerprint density at radius 2 is 1.72 bits per heavy atom. The zero-order chi connectivity index (χ0) is 17.7. The van der Waals surface area contributed by atoms with E-state index < -0.39 is 0 Å². The first kappa shape index (κ1) is 17.2. The second kappa shape index (κ2) is 7.53. The first-order valence-electron chi connectivity index (χ1n) is 8.60. The summed E-state index contributed by atoms with van der Waals surface area (Å²) in [6.07, 6.45) is 1.83. The van der Waals surface area contributed by atoms with Gasteiger partial charge >= 0.3 is 6.03 Å². The highest BCUT2D eigenvalue weighted by Crippen LogP contribution is 2.33. The Morgan fingerprint density at radius 1 is 1.00 bits per heavy atom. The predicted octanol–water partition coefficient (Wildman–Crippen LogP) is 1.85. The molecule has 3 rings (SSSR count). The number of amides is 3. The van der Waals surface area contributed by atoms with Crippen LogP contribution >= 0.6 is 0 Å². The third-order valence-electron chi connectivity index (χ3n) is 4.38. The van der Waals surface area contributed by atoms with Crippen LogP contribution in [0.15, 0.2) is 42.5 Å². The highest BCUT2D eigenvalue weighted by atomic mass is 16.2. The zero-order valence-electron chi connectivity index (χ0n) is 14.4. The predicted molar refractivity (Wildman–Crippen MR) is 98.0 cm³/mol. The summed E-state index contributed by atoms with van der Waals surface area (Å²) >= 11 is 0. The average molecular weight is 340 g/mol. The molecule has 1 fully saturated rings. The van der Waals surface area contributed by atoms with E-state index in [-0.39, 0.29) is 17.6 Å². The second-order valence-electron chi connectivity index (χ2n) is 6.44. The van der Waals surface area contributed by atoms with Crippen LogP contribution in [0.4, 0.5) is 4.79 Å². The fourth-order valence-corrected chi connectivity index (χ4v) is 2.86. The average Bonchev–Trinajstić information content (AvgIpc) is 3.36. The smallest absolute Gasteiger partial charge is 0.316 e. The van der Waals surface area contributed by atoms with Gasteiger partial charge in [-0.15, -0.1) is 0 Å². The van der Waals surface area contributed by atoms with Crippen LogP contribution in [-0.4, -0.2) is 30.7 Å². The number of urea groups is 1. The van der Waals surface area contributed by atoms with Crippen molar-refractivity contribution < 1.29 is 9.59 Å². The molecule has 2 aromatic carbocycles. The Kier molecular flexibility index (Phi) is 5.19. The molecule has 0 aromatic heterocycles. The van der Waals surface area contributed by atoms with Crippen LogP contribution in [0.5, 0.6) is 0 Å². The number of hydrogen-bond acceptors (Lipinski definition) is 3. The maximum atomic E-state index is 12.0. The highest BCUT2D eigenvalue weighted by Gasteiger charge is 2.43. The van der Waals surface area contributed by atoms with Gasteiger partial charge in [0.2, 0.25) is 5.91 Å². The molecule has 0 bridgehead atoms. The monoisotopic (exact) mass is 340 g/mol.